The molecule has 1 aliphatic heterocycles. The van der Waals surface area contributed by atoms with Crippen LogP contribution in [-0.4, -0.2) is 29.3 Å². The molecule has 2 nitrogen and oxygen atoms in total. The number of hydrogen-bond donors (Lipinski definition) is 0. The van der Waals surface area contributed by atoms with Crippen LogP contribution in [0, 0.1) is 0 Å². The van der Waals surface area contributed by atoms with Gasteiger partial charge in [-0.25, -0.2) is 0 Å². The lowest BCUT2D eigenvalue weighted by Gasteiger charge is -2.04. The molecular weight excluding hydrogens is 274 g/mol. The smallest absolute Gasteiger partial charge is 0.118 e. The number of alkyl halides is 1. The van der Waals surface area contributed by atoms with Crippen molar-refractivity contribution < 1.29 is 4.74 Å². The van der Waals surface area contributed by atoms with Gasteiger partial charge < -0.3 is 4.74 Å². The highest BCUT2D eigenvalue weighted by Gasteiger charge is 2.19. The molecule has 0 radical (unpaired) electrons. The van der Waals surface area contributed by atoms with Crippen LogP contribution in [0.2, 0.25) is 0 Å². The highest BCUT2D eigenvalue weighted by atomic mass is 79.9. The molecule has 0 bridgehead atoms. The molecule has 4 heteroatoms. The molecule has 0 fully saturated rings. The maximum Gasteiger partial charge on any atom is 0.118 e. The van der Waals surface area contributed by atoms with Crippen molar-refractivity contribution in [1.29, 1.82) is 0 Å². The quantitative estimate of drug-likeness (QED) is 0.797. The first-order valence-electron chi connectivity index (χ1n) is 4.75. The molecule has 2 rings (SSSR count). The summed E-state index contributed by atoms with van der Waals surface area (Å²) >= 11 is 5.32. The van der Waals surface area contributed by atoms with E-state index in [0.29, 0.717) is 5.25 Å². The zero-order valence-corrected chi connectivity index (χ0v) is 10.8. The van der Waals surface area contributed by atoms with Crippen molar-refractivity contribution >= 4 is 32.7 Å². The monoisotopic (exact) mass is 285 g/mol. The number of nitrogens with zero attached hydrogens (tertiary/aromatic N) is 1. The molecule has 0 N–H and O–H groups in total. The molecule has 0 spiro atoms. The molecule has 1 aliphatic rings. The number of hydrogen-bond acceptors (Lipinski definition) is 3. The van der Waals surface area contributed by atoms with Gasteiger partial charge in [0, 0.05) is 16.1 Å². The molecular formula is C11H12BrNOS. The third-order valence-corrected chi connectivity index (χ3v) is 4.67. The van der Waals surface area contributed by atoms with Gasteiger partial charge in [-0.3, -0.25) is 4.99 Å². The van der Waals surface area contributed by atoms with Crippen LogP contribution in [0.4, 0.5) is 0 Å². The van der Waals surface area contributed by atoms with Crippen LogP contribution in [-0.2, 0) is 0 Å². The van der Waals surface area contributed by atoms with Crippen molar-refractivity contribution in [1.82, 2.24) is 0 Å². The van der Waals surface area contributed by atoms with Gasteiger partial charge in [0.05, 0.1) is 18.7 Å². The van der Waals surface area contributed by atoms with Crippen molar-refractivity contribution in [2.75, 3.05) is 19.0 Å². The zero-order valence-electron chi connectivity index (χ0n) is 8.44. The van der Waals surface area contributed by atoms with Crippen molar-refractivity contribution in [3.63, 3.8) is 0 Å². The van der Waals surface area contributed by atoms with E-state index in [1.165, 1.54) is 5.56 Å². The summed E-state index contributed by atoms with van der Waals surface area (Å²) < 4.78 is 5.12. The van der Waals surface area contributed by atoms with E-state index >= 15 is 0 Å². The van der Waals surface area contributed by atoms with E-state index in [1.807, 2.05) is 23.9 Å². The van der Waals surface area contributed by atoms with Gasteiger partial charge in [0.1, 0.15) is 5.75 Å². The number of aliphatic imine (C=N–C) groups is 1. The maximum absolute atomic E-state index is 5.12. The summed E-state index contributed by atoms with van der Waals surface area (Å²) in [5.41, 5.74) is 1.18. The lowest BCUT2D eigenvalue weighted by Crippen LogP contribution is -2.03. The summed E-state index contributed by atoms with van der Waals surface area (Å²) in [6.45, 7) is 0.914. The summed E-state index contributed by atoms with van der Waals surface area (Å²) in [5, 5.41) is 2.73. The largest absolute Gasteiger partial charge is 0.497 e. The Kier molecular flexibility index (Phi) is 3.70. The summed E-state index contributed by atoms with van der Waals surface area (Å²) in [5.74, 6) is 0.888. The topological polar surface area (TPSA) is 21.6 Å². The van der Waals surface area contributed by atoms with Gasteiger partial charge in [0.2, 0.25) is 0 Å². The van der Waals surface area contributed by atoms with Gasteiger partial charge in [0.25, 0.3) is 0 Å². The maximum atomic E-state index is 5.12. The fourth-order valence-electron chi connectivity index (χ4n) is 1.39. The third-order valence-electron chi connectivity index (χ3n) is 2.23. The van der Waals surface area contributed by atoms with Gasteiger partial charge in [-0.1, -0.05) is 15.9 Å². The van der Waals surface area contributed by atoms with E-state index in [4.69, 9.17) is 4.74 Å². The second kappa shape index (κ2) is 5.03. The van der Waals surface area contributed by atoms with Gasteiger partial charge in [-0.05, 0) is 24.3 Å². The number of benzene rings is 1. The first-order valence-corrected chi connectivity index (χ1v) is 6.75. The van der Waals surface area contributed by atoms with Crippen molar-refractivity contribution in [2.45, 2.75) is 5.25 Å². The van der Waals surface area contributed by atoms with Gasteiger partial charge in [-0.15, -0.1) is 11.8 Å². The minimum atomic E-state index is 0.585. The zero-order chi connectivity index (χ0) is 10.7. The Morgan fingerprint density at radius 3 is 2.73 bits per heavy atom. The molecule has 1 aromatic rings. The molecule has 1 heterocycles. The minimum absolute atomic E-state index is 0.585. The fraction of sp³-hybridized carbons (Fsp3) is 0.364. The number of halogens is 1. The molecule has 1 atom stereocenters. The SMILES string of the molecule is COc1ccc(C2=NC[C@H](CBr)S2)cc1. The summed E-state index contributed by atoms with van der Waals surface area (Å²) in [6.07, 6.45) is 0. The fourth-order valence-corrected chi connectivity index (χ4v) is 2.94. The van der Waals surface area contributed by atoms with Gasteiger partial charge >= 0.3 is 0 Å². The highest BCUT2D eigenvalue weighted by molar-refractivity contribution is 9.09. The van der Waals surface area contributed by atoms with E-state index < -0.39 is 0 Å². The van der Waals surface area contributed by atoms with Gasteiger partial charge in [-0.2, -0.15) is 0 Å². The Morgan fingerprint density at radius 1 is 1.47 bits per heavy atom. The van der Waals surface area contributed by atoms with Crippen molar-refractivity contribution in [3.8, 4) is 5.75 Å². The first kappa shape index (κ1) is 11.0. The number of ether oxygens (including phenoxy) is 1. The van der Waals surface area contributed by atoms with Crippen LogP contribution >= 0.6 is 27.7 Å². The summed E-state index contributed by atoms with van der Waals surface area (Å²) in [6, 6.07) is 8.06. The molecule has 0 aromatic heterocycles. The Morgan fingerprint density at radius 2 is 2.20 bits per heavy atom. The molecule has 80 valence electrons. The number of rotatable bonds is 3. The van der Waals surface area contributed by atoms with Crippen LogP contribution in [0.5, 0.6) is 5.75 Å². The second-order valence-electron chi connectivity index (χ2n) is 3.27. The van der Waals surface area contributed by atoms with E-state index in [0.717, 1.165) is 22.7 Å². The van der Waals surface area contributed by atoms with E-state index in [2.05, 4.69) is 33.1 Å². The van der Waals surface area contributed by atoms with Crippen LogP contribution < -0.4 is 4.74 Å². The molecule has 1 aromatic carbocycles. The average Bonchev–Trinajstić information content (AvgIpc) is 2.78. The normalized spacial score (nSPS) is 20.1. The Labute approximate surface area is 102 Å². The lowest BCUT2D eigenvalue weighted by atomic mass is 10.2. The highest BCUT2D eigenvalue weighted by Crippen LogP contribution is 2.27. The Bertz CT molecular complexity index is 363. The predicted octanol–water partition coefficient (Wildman–Crippen LogP) is 2.95. The van der Waals surface area contributed by atoms with Crippen molar-refractivity contribution in [2.24, 2.45) is 4.99 Å². The summed E-state index contributed by atoms with van der Waals surface area (Å²) in [7, 11) is 1.68. The average molecular weight is 286 g/mol. The van der Waals surface area contributed by atoms with E-state index in [9.17, 15) is 0 Å². The number of thioether (sulfide) groups is 1. The molecule has 0 amide bonds. The predicted molar refractivity (Wildman–Crippen MR) is 69.6 cm³/mol. The minimum Gasteiger partial charge on any atom is -0.497 e. The van der Waals surface area contributed by atoms with Crippen LogP contribution in [0.3, 0.4) is 0 Å². The molecule has 0 unspecified atom stereocenters. The van der Waals surface area contributed by atoms with Crippen LogP contribution in [0.1, 0.15) is 5.56 Å². The number of methoxy groups -OCH3 is 1. The van der Waals surface area contributed by atoms with Crippen LogP contribution in [0.25, 0.3) is 0 Å². The van der Waals surface area contributed by atoms with E-state index in [-0.39, 0.29) is 0 Å². The van der Waals surface area contributed by atoms with Crippen molar-refractivity contribution in [3.05, 3.63) is 29.8 Å². The first-order chi connectivity index (χ1) is 7.33. The van der Waals surface area contributed by atoms with E-state index in [1.54, 1.807) is 7.11 Å². The lowest BCUT2D eigenvalue weighted by molar-refractivity contribution is 0.415. The molecule has 0 aliphatic carbocycles. The van der Waals surface area contributed by atoms with Gasteiger partial charge in [0.15, 0.2) is 0 Å². The molecule has 15 heavy (non-hydrogen) atoms. The Balaban J connectivity index is 2.10. The molecule has 0 saturated heterocycles. The second-order valence-corrected chi connectivity index (χ2v) is 5.21. The Hall–Kier alpha value is -0.480. The molecule has 0 saturated carbocycles. The van der Waals surface area contributed by atoms with Crippen LogP contribution in [0.15, 0.2) is 29.3 Å². The third kappa shape index (κ3) is 2.55. The summed E-state index contributed by atoms with van der Waals surface area (Å²) in [4.78, 5) is 4.52. The standard InChI is InChI=1S/C11H12BrNOS/c1-14-9-4-2-8(3-5-9)11-13-7-10(6-12)15-11/h2-5,10H,6-7H2,1H3/t10-/m0/s1.